The second kappa shape index (κ2) is 21.2. The Morgan fingerprint density at radius 3 is 1.40 bits per heavy atom. The van der Waals surface area contributed by atoms with Gasteiger partial charge in [0.1, 0.15) is 0 Å². The topological polar surface area (TPSA) is 158 Å². The number of nitrogens with zero attached hydrogens (tertiary/aromatic N) is 4. The largest absolute Gasteiger partial charge is 2.00 e. The molecule has 5 aliphatic heterocycles. The van der Waals surface area contributed by atoms with Crippen molar-refractivity contribution in [2.75, 3.05) is 0 Å². The second-order valence-electron chi connectivity index (χ2n) is 15.7. The summed E-state index contributed by atoms with van der Waals surface area (Å²) in [6, 6.07) is 12.3. The zero-order chi connectivity index (χ0) is 38.8. The van der Waals surface area contributed by atoms with Gasteiger partial charge in [0.15, 0.2) is 0 Å². The van der Waals surface area contributed by atoms with Crippen LogP contribution in [0, 0.1) is 23.7 Å². The normalized spacial score (nSPS) is 33.7. The molecule has 2 N–H and O–H groups in total. The van der Waals surface area contributed by atoms with Gasteiger partial charge in [-0.1, -0.05) is 92.5 Å². The molecule has 2 aromatic heterocycles. The Kier molecular flexibility index (Phi) is 17.1. The maximum atomic E-state index is 11.5. The maximum Gasteiger partial charge on any atom is 2.00 e. The van der Waals surface area contributed by atoms with Crippen LogP contribution in [0.3, 0.4) is 0 Å². The van der Waals surface area contributed by atoms with Gasteiger partial charge < -0.3 is 41.1 Å². The van der Waals surface area contributed by atoms with Crippen LogP contribution in [0.15, 0.2) is 109 Å². The van der Waals surface area contributed by atoms with Crippen molar-refractivity contribution in [3.63, 3.8) is 0 Å². The van der Waals surface area contributed by atoms with E-state index in [9.17, 15) is 19.8 Å². The van der Waals surface area contributed by atoms with Crippen LogP contribution in [0.1, 0.15) is 81.9 Å². The molecule has 12 unspecified atom stereocenters. The van der Waals surface area contributed by atoms with E-state index in [0.29, 0.717) is 12.8 Å². The first-order chi connectivity index (χ1) is 26.0. The van der Waals surface area contributed by atoms with Gasteiger partial charge in [0.05, 0.1) is 0 Å². The molecule has 2 aromatic rings. The number of fused-ring (bicyclic) bond motifs is 8. The minimum Gasteiger partial charge on any atom is -0.656 e. The van der Waals surface area contributed by atoms with Gasteiger partial charge in [-0.15, -0.1) is 24.2 Å². The molecule has 8 bridgehead atoms. The standard InChI is InChI=1S/C34H50N4O4.2C5H5N.Fe/c1-7-21-17(3)25-13-26-19(5)23(9-11-33(39)40)31(37-26)16-32-24(10-12-34(41)42)20(6)28(38-32)15-30-22(8-2)18(4)27(36-30)14-29(21)35-25;2*1-2-4-6-5-3-1;/h7-8,19-20,23-32,35-36H,1-2,9-16H2,3-6H3,(H,39,40)(H,41,42);2*1-5H;/q-2;;;+2. The Morgan fingerprint density at radius 1 is 0.673 bits per heavy atom. The fraction of sp³-hybridized carbons (Fsp3) is 0.545. The van der Waals surface area contributed by atoms with Crippen molar-refractivity contribution in [2.24, 2.45) is 23.7 Å². The molecule has 0 spiro atoms. The Hall–Kier alpha value is -3.44. The van der Waals surface area contributed by atoms with Gasteiger partial charge in [-0.2, -0.15) is 0 Å². The van der Waals surface area contributed by atoms with Crippen molar-refractivity contribution in [1.82, 2.24) is 20.6 Å². The summed E-state index contributed by atoms with van der Waals surface area (Å²) in [5.74, 6) is -1.32. The summed E-state index contributed by atoms with van der Waals surface area (Å²) in [5.41, 5.74) is 5.18. The van der Waals surface area contributed by atoms with Crippen LogP contribution >= 0.6 is 0 Å². The summed E-state index contributed by atoms with van der Waals surface area (Å²) >= 11 is 0. The van der Waals surface area contributed by atoms with Gasteiger partial charge >= 0.3 is 19.9 Å². The Labute approximate surface area is 341 Å². The summed E-state index contributed by atoms with van der Waals surface area (Å²) < 4.78 is 0. The number of carbonyl (C=O) groups excluding carboxylic acids is 2. The molecule has 10 nitrogen and oxygen atoms in total. The fourth-order valence-corrected chi connectivity index (χ4v) is 9.70. The van der Waals surface area contributed by atoms with Gasteiger partial charge in [0, 0.05) is 60.9 Å². The third-order valence-corrected chi connectivity index (χ3v) is 12.7. The van der Waals surface area contributed by atoms with E-state index < -0.39 is 11.9 Å². The number of carboxylic acids is 2. The summed E-state index contributed by atoms with van der Waals surface area (Å²) in [6.07, 6.45) is 15.5. The van der Waals surface area contributed by atoms with Crippen molar-refractivity contribution in [2.45, 2.75) is 127 Å². The van der Waals surface area contributed by atoms with Crippen LogP contribution in [0.2, 0.25) is 0 Å². The summed E-state index contributed by atoms with van der Waals surface area (Å²) in [7, 11) is 0. The van der Waals surface area contributed by atoms with Crippen LogP contribution < -0.4 is 20.8 Å². The first kappa shape index (κ1) is 44.3. The predicted molar refractivity (Wildman–Crippen MR) is 212 cm³/mol. The molecular formula is C44H60FeN6O4. The third-order valence-electron chi connectivity index (χ3n) is 12.7. The van der Waals surface area contributed by atoms with Crippen LogP contribution in [-0.2, 0) is 26.7 Å². The van der Waals surface area contributed by atoms with E-state index in [0.717, 1.165) is 25.7 Å². The molecule has 3 saturated heterocycles. The van der Waals surface area contributed by atoms with E-state index in [-0.39, 0.29) is 105 Å². The predicted octanol–water partition coefficient (Wildman–Crippen LogP) is 5.45. The number of pyridine rings is 2. The first-order valence-corrected chi connectivity index (χ1v) is 19.7. The molecule has 0 amide bonds. The van der Waals surface area contributed by atoms with E-state index in [1.54, 1.807) is 24.8 Å². The molecule has 3 fully saturated rings. The van der Waals surface area contributed by atoms with Gasteiger partial charge in [-0.3, -0.25) is 9.97 Å². The minimum atomic E-state index is -1.02. The van der Waals surface area contributed by atoms with E-state index in [4.69, 9.17) is 10.6 Å². The first-order valence-electron chi connectivity index (χ1n) is 19.7. The van der Waals surface area contributed by atoms with Crippen molar-refractivity contribution >= 4 is 11.9 Å². The SMILES string of the molecule is C=CC1=C(C)C2CC3[N-]C(CC4[N-]C(CC5NC(CC1N2)C(C)=C5C=C)C(C)C4CCC(=O)[O-])C(CCC(=O)[O-])C3C.[Fe+2].[H+].[H+].c1ccncc1.c1ccncc1. The molecule has 0 aliphatic carbocycles. The Morgan fingerprint density at radius 2 is 1.05 bits per heavy atom. The maximum absolute atomic E-state index is 11.5. The van der Waals surface area contributed by atoms with Crippen molar-refractivity contribution in [3.05, 3.63) is 119 Å². The molecule has 11 heteroatoms. The number of rotatable bonds is 8. The molecule has 7 heterocycles. The summed E-state index contributed by atoms with van der Waals surface area (Å²) in [5, 5.41) is 41.6. The quantitative estimate of drug-likeness (QED) is 0.335. The number of carboxylic acid groups (broad SMARTS) is 2. The van der Waals surface area contributed by atoms with Crippen LogP contribution in [0.5, 0.6) is 0 Å². The van der Waals surface area contributed by atoms with Crippen molar-refractivity contribution in [1.29, 1.82) is 0 Å². The number of aliphatic carboxylic acids is 2. The van der Waals surface area contributed by atoms with E-state index in [1.807, 2.05) is 48.6 Å². The molecular weight excluding hydrogens is 732 g/mol. The minimum absolute atomic E-state index is 0. The zero-order valence-corrected chi connectivity index (χ0v) is 33.8. The average molecular weight is 793 g/mol. The molecule has 7 rings (SSSR count). The third kappa shape index (κ3) is 11.3. The van der Waals surface area contributed by atoms with Gasteiger partial charge in [-0.05, 0) is 94.2 Å². The van der Waals surface area contributed by atoms with E-state index in [2.05, 4.69) is 61.5 Å². The van der Waals surface area contributed by atoms with Crippen molar-refractivity contribution in [3.8, 4) is 0 Å². The number of hydrogen-bond donors (Lipinski definition) is 2. The number of nitrogens with one attached hydrogen (secondary N) is 2. The number of aromatic nitrogens is 2. The molecule has 0 saturated carbocycles. The smallest absolute Gasteiger partial charge is 0.656 e. The Bertz CT molecular complexity index is 1550. The molecule has 12 atom stereocenters. The molecule has 0 aromatic carbocycles. The Balaban J connectivity index is 0.000000638. The summed E-state index contributed by atoms with van der Waals surface area (Å²) in [6.45, 7) is 17.2. The van der Waals surface area contributed by atoms with E-state index in [1.165, 1.54) is 22.3 Å². The van der Waals surface area contributed by atoms with Crippen LogP contribution in [0.25, 0.3) is 10.6 Å². The van der Waals surface area contributed by atoms with Crippen LogP contribution in [0.4, 0.5) is 0 Å². The second-order valence-corrected chi connectivity index (χ2v) is 15.7. The monoisotopic (exact) mass is 792 g/mol. The number of hydrogen-bond acceptors (Lipinski definition) is 8. The fourth-order valence-electron chi connectivity index (χ4n) is 9.70. The van der Waals surface area contributed by atoms with Gasteiger partial charge in [-0.25, -0.2) is 0 Å². The molecule has 298 valence electrons. The number of carbonyl (C=O) groups is 2. The van der Waals surface area contributed by atoms with Crippen LogP contribution in [-0.4, -0.2) is 70.2 Å². The zero-order valence-electron chi connectivity index (χ0n) is 34.7. The molecule has 55 heavy (non-hydrogen) atoms. The molecule has 5 aliphatic rings. The molecule has 0 radical (unpaired) electrons. The van der Waals surface area contributed by atoms with Gasteiger partial charge in [0.25, 0.3) is 0 Å². The average Bonchev–Trinajstić information content (AvgIpc) is 3.84. The van der Waals surface area contributed by atoms with E-state index >= 15 is 0 Å². The van der Waals surface area contributed by atoms with Crippen molar-refractivity contribution < 1.29 is 39.7 Å². The van der Waals surface area contributed by atoms with Gasteiger partial charge in [0.2, 0.25) is 0 Å². The summed E-state index contributed by atoms with van der Waals surface area (Å²) in [4.78, 5) is 30.6.